The van der Waals surface area contributed by atoms with Crippen LogP contribution in [0.4, 0.5) is 10.5 Å². The number of hydrogen-bond acceptors (Lipinski definition) is 4. The summed E-state index contributed by atoms with van der Waals surface area (Å²) in [5, 5.41) is 6.99. The van der Waals surface area contributed by atoms with Crippen LogP contribution in [-0.4, -0.2) is 47.9 Å². The molecule has 29 heavy (non-hydrogen) atoms. The lowest BCUT2D eigenvalue weighted by Crippen LogP contribution is -2.65. The van der Waals surface area contributed by atoms with E-state index in [0.717, 1.165) is 50.2 Å². The minimum Gasteiger partial charge on any atom is -0.310 e. The number of benzene rings is 1. The Hall–Kier alpha value is -1.24. The second-order valence-corrected chi connectivity index (χ2v) is 9.98. The van der Waals surface area contributed by atoms with Gasteiger partial charge in [0.15, 0.2) is 0 Å². The summed E-state index contributed by atoms with van der Waals surface area (Å²) in [5.41, 5.74) is 7.13. The Morgan fingerprint density at radius 3 is 2.66 bits per heavy atom. The highest BCUT2D eigenvalue weighted by molar-refractivity contribution is 7.98. The summed E-state index contributed by atoms with van der Waals surface area (Å²) < 4.78 is 3.09. The van der Waals surface area contributed by atoms with E-state index >= 15 is 0 Å². The lowest BCUT2D eigenvalue weighted by molar-refractivity contribution is 0.0636. The zero-order valence-corrected chi connectivity index (χ0v) is 18.4. The quantitative estimate of drug-likeness (QED) is 0.644. The first kappa shape index (κ1) is 19.7. The minimum atomic E-state index is -0.0611. The first-order valence-electron chi connectivity index (χ1n) is 11.5. The summed E-state index contributed by atoms with van der Waals surface area (Å²) in [6.07, 6.45) is 10.7. The van der Waals surface area contributed by atoms with E-state index < -0.39 is 0 Å². The fourth-order valence-corrected chi connectivity index (χ4v) is 7.27. The van der Waals surface area contributed by atoms with Gasteiger partial charge in [0.1, 0.15) is 0 Å². The molecule has 3 N–H and O–H groups in total. The number of fused-ring (bicyclic) bond motifs is 3. The number of rotatable bonds is 5. The van der Waals surface area contributed by atoms with Gasteiger partial charge in [-0.25, -0.2) is 4.79 Å². The Balaban J connectivity index is 1.22. The number of nitrogens with zero attached hydrogens (tertiary/aromatic N) is 1. The predicted octanol–water partition coefficient (Wildman–Crippen LogP) is 3.65. The molecule has 0 saturated carbocycles. The fraction of sp³-hybridized carbons (Fsp3) is 0.696. The molecule has 6 heteroatoms. The van der Waals surface area contributed by atoms with E-state index in [1.54, 1.807) is 11.9 Å². The number of urea groups is 1. The molecule has 2 heterocycles. The molecule has 0 spiro atoms. The molecule has 2 amide bonds. The molecule has 2 saturated heterocycles. The van der Waals surface area contributed by atoms with Gasteiger partial charge < -0.3 is 10.6 Å². The zero-order chi connectivity index (χ0) is 19.8. The first-order chi connectivity index (χ1) is 14.2. The highest BCUT2D eigenvalue weighted by Crippen LogP contribution is 2.39. The van der Waals surface area contributed by atoms with E-state index in [2.05, 4.69) is 33.2 Å². The Bertz CT molecular complexity index is 765. The van der Waals surface area contributed by atoms with Gasteiger partial charge in [0, 0.05) is 36.1 Å². The lowest BCUT2D eigenvalue weighted by atomic mass is 9.84. The number of aryl methyl sites for hydroxylation is 2. The topological polar surface area (TPSA) is 56.4 Å². The van der Waals surface area contributed by atoms with Gasteiger partial charge in [0.2, 0.25) is 0 Å². The van der Waals surface area contributed by atoms with Crippen LogP contribution in [0.5, 0.6) is 0 Å². The average Bonchev–Trinajstić information content (AvgIpc) is 3.47. The van der Waals surface area contributed by atoms with E-state index in [9.17, 15) is 4.79 Å². The maximum atomic E-state index is 12.8. The second kappa shape index (κ2) is 8.12. The van der Waals surface area contributed by atoms with Crippen molar-refractivity contribution in [1.29, 1.82) is 0 Å². The van der Waals surface area contributed by atoms with Crippen molar-refractivity contribution < 1.29 is 4.79 Å². The number of nitrogens with one attached hydrogen (secondary N) is 3. The summed E-state index contributed by atoms with van der Waals surface area (Å²) in [6.45, 7) is 5.77. The molecular weight excluding hydrogens is 380 g/mol. The smallest absolute Gasteiger partial charge is 0.310 e. The third-order valence-electron chi connectivity index (χ3n) is 7.83. The van der Waals surface area contributed by atoms with E-state index in [1.165, 1.54) is 60.9 Å². The maximum Gasteiger partial charge on any atom is 0.329 e. The molecule has 2 fully saturated rings. The van der Waals surface area contributed by atoms with Gasteiger partial charge in [0.25, 0.3) is 0 Å². The van der Waals surface area contributed by atoms with Gasteiger partial charge in [-0.2, -0.15) is 0 Å². The van der Waals surface area contributed by atoms with Crippen molar-refractivity contribution in [3.63, 3.8) is 0 Å². The highest BCUT2D eigenvalue weighted by atomic mass is 32.2. The summed E-state index contributed by atoms with van der Waals surface area (Å²) in [4.78, 5) is 15.4. The number of amides is 2. The molecule has 2 unspecified atom stereocenters. The normalized spacial score (nSPS) is 28.1. The van der Waals surface area contributed by atoms with Crippen LogP contribution in [0.1, 0.15) is 61.3 Å². The van der Waals surface area contributed by atoms with Gasteiger partial charge in [-0.3, -0.25) is 9.62 Å². The van der Waals surface area contributed by atoms with Crippen molar-refractivity contribution in [3.05, 3.63) is 28.3 Å². The Morgan fingerprint density at radius 2 is 1.93 bits per heavy atom. The fourth-order valence-electron chi connectivity index (χ4n) is 6.41. The molecule has 2 atom stereocenters. The van der Waals surface area contributed by atoms with Crippen LogP contribution in [0.2, 0.25) is 0 Å². The molecule has 2 aliphatic carbocycles. The third kappa shape index (κ3) is 3.47. The average molecular weight is 415 g/mol. The van der Waals surface area contributed by atoms with Crippen LogP contribution in [0.25, 0.3) is 0 Å². The Kier molecular flexibility index (Phi) is 5.52. The largest absolute Gasteiger partial charge is 0.329 e. The van der Waals surface area contributed by atoms with Crippen LogP contribution in [0.15, 0.2) is 6.07 Å². The number of anilines is 1. The monoisotopic (exact) mass is 414 g/mol. The summed E-state index contributed by atoms with van der Waals surface area (Å²) in [7, 11) is 0. The third-order valence-corrected chi connectivity index (χ3v) is 8.66. The first-order valence-corrected chi connectivity index (χ1v) is 12.5. The molecule has 0 aromatic heterocycles. The molecule has 5 rings (SSSR count). The Morgan fingerprint density at radius 1 is 1.17 bits per heavy atom. The van der Waals surface area contributed by atoms with Crippen LogP contribution in [0.3, 0.4) is 0 Å². The summed E-state index contributed by atoms with van der Waals surface area (Å²) in [5.74, 6) is 0.919. The van der Waals surface area contributed by atoms with E-state index in [-0.39, 0.29) is 11.6 Å². The van der Waals surface area contributed by atoms with Gasteiger partial charge in [-0.05, 0) is 98.5 Å². The van der Waals surface area contributed by atoms with E-state index in [0.29, 0.717) is 6.04 Å². The number of carbonyl (C=O) groups excluding carboxylic acids is 1. The molecule has 0 radical (unpaired) electrons. The van der Waals surface area contributed by atoms with Gasteiger partial charge in [-0.15, -0.1) is 0 Å². The number of piperazine rings is 1. The maximum absolute atomic E-state index is 12.8. The minimum absolute atomic E-state index is 0.0611. The summed E-state index contributed by atoms with van der Waals surface area (Å²) in [6, 6.07) is 2.79. The molecule has 158 valence electrons. The van der Waals surface area contributed by atoms with Crippen LogP contribution < -0.4 is 15.4 Å². The van der Waals surface area contributed by atoms with Crippen molar-refractivity contribution in [2.45, 2.75) is 76.3 Å². The second-order valence-electron chi connectivity index (χ2n) is 9.16. The van der Waals surface area contributed by atoms with Crippen LogP contribution in [-0.2, 0) is 25.7 Å². The van der Waals surface area contributed by atoms with E-state index in [4.69, 9.17) is 0 Å². The predicted molar refractivity (Wildman–Crippen MR) is 121 cm³/mol. The molecule has 0 bridgehead atoms. The van der Waals surface area contributed by atoms with Crippen molar-refractivity contribution in [1.82, 2.24) is 14.9 Å². The van der Waals surface area contributed by atoms with Crippen LogP contribution >= 0.6 is 11.9 Å². The highest BCUT2D eigenvalue weighted by Gasteiger charge is 2.47. The van der Waals surface area contributed by atoms with Gasteiger partial charge in [0.05, 0.1) is 0 Å². The lowest BCUT2D eigenvalue weighted by Gasteiger charge is -2.48. The number of hydrogen-bond donors (Lipinski definition) is 3. The van der Waals surface area contributed by atoms with Gasteiger partial charge >= 0.3 is 6.03 Å². The molecule has 1 aromatic carbocycles. The molecule has 4 aliphatic rings. The standard InChI is InChI=1S/C23H34N4OS/c1-2-23-10-5-12-27(23)13-11-24-20(23)15-29-26-22(28)25-21-18-8-3-6-16(18)14-17-7-4-9-19(17)21/h14,20,24H,2-13,15H2,1H3,(H2,25,26,28). The van der Waals surface area contributed by atoms with Crippen molar-refractivity contribution in [3.8, 4) is 0 Å². The van der Waals surface area contributed by atoms with Crippen LogP contribution in [0, 0.1) is 0 Å². The summed E-state index contributed by atoms with van der Waals surface area (Å²) >= 11 is 1.57. The van der Waals surface area contributed by atoms with Crippen molar-refractivity contribution in [2.24, 2.45) is 0 Å². The molecular formula is C23H34N4OS. The molecule has 2 aliphatic heterocycles. The Labute approximate surface area is 178 Å². The van der Waals surface area contributed by atoms with Crippen molar-refractivity contribution >= 4 is 23.7 Å². The van der Waals surface area contributed by atoms with E-state index in [1.807, 2.05) is 0 Å². The number of carbonyl (C=O) groups is 1. The van der Waals surface area contributed by atoms with Crippen molar-refractivity contribution in [2.75, 3.05) is 30.7 Å². The SMILES string of the molecule is CCC12CCCN1CCNC2CSNC(=O)Nc1c2c(cc3c1CCC3)CCC2. The zero-order valence-electron chi connectivity index (χ0n) is 17.6. The van der Waals surface area contributed by atoms with Gasteiger partial charge in [-0.1, -0.05) is 13.0 Å². The molecule has 5 nitrogen and oxygen atoms in total. The molecule has 1 aromatic rings.